The summed E-state index contributed by atoms with van der Waals surface area (Å²) in [5.41, 5.74) is 2.72. The zero-order valence-electron chi connectivity index (χ0n) is 12.3. The van der Waals surface area contributed by atoms with Gasteiger partial charge in [-0.15, -0.1) is 0 Å². The fraction of sp³-hybridized carbons (Fsp3) is 0.765. The molecule has 0 N–H and O–H groups in total. The van der Waals surface area contributed by atoms with Gasteiger partial charge in [-0.1, -0.05) is 44.6 Å². The standard InChI is InChI=1S/C17H29F/c1-13(2)11-15(4)17-7-5-14(3)12-16(6-8-17)9-10-18/h6,13-14,17H,4-5,7-12H2,1-3H3/b16-6+. The summed E-state index contributed by atoms with van der Waals surface area (Å²) in [6.07, 6.45) is 8.74. The van der Waals surface area contributed by atoms with Crippen molar-refractivity contribution >= 4 is 0 Å². The van der Waals surface area contributed by atoms with E-state index in [1.54, 1.807) is 0 Å². The Morgan fingerprint density at radius 3 is 2.78 bits per heavy atom. The lowest BCUT2D eigenvalue weighted by Crippen LogP contribution is -2.11. The smallest absolute Gasteiger partial charge is 0.0931 e. The minimum atomic E-state index is -0.212. The summed E-state index contributed by atoms with van der Waals surface area (Å²) in [6.45, 7) is 10.9. The summed E-state index contributed by atoms with van der Waals surface area (Å²) in [5, 5.41) is 0. The normalized spacial score (nSPS) is 28.4. The number of rotatable bonds is 5. The molecule has 0 amide bonds. The van der Waals surface area contributed by atoms with Crippen LogP contribution in [-0.4, -0.2) is 6.67 Å². The molecular formula is C17H29F. The van der Waals surface area contributed by atoms with Gasteiger partial charge in [-0.25, -0.2) is 0 Å². The molecule has 1 aliphatic rings. The first-order chi connectivity index (χ1) is 8.52. The van der Waals surface area contributed by atoms with Crippen molar-refractivity contribution in [2.75, 3.05) is 6.67 Å². The van der Waals surface area contributed by atoms with Crippen LogP contribution in [0, 0.1) is 17.8 Å². The van der Waals surface area contributed by atoms with Crippen LogP contribution < -0.4 is 0 Å². The maximum absolute atomic E-state index is 12.5. The molecule has 0 fully saturated rings. The predicted molar refractivity (Wildman–Crippen MR) is 78.4 cm³/mol. The van der Waals surface area contributed by atoms with E-state index in [4.69, 9.17) is 0 Å². The molecule has 0 radical (unpaired) electrons. The van der Waals surface area contributed by atoms with Crippen LogP contribution in [0.4, 0.5) is 4.39 Å². The Kier molecular flexibility index (Phi) is 6.67. The first kappa shape index (κ1) is 15.5. The molecule has 0 saturated carbocycles. The highest BCUT2D eigenvalue weighted by Gasteiger charge is 2.18. The zero-order chi connectivity index (χ0) is 13.5. The third-order valence-electron chi connectivity index (χ3n) is 3.97. The molecular weight excluding hydrogens is 223 g/mol. The first-order valence-corrected chi connectivity index (χ1v) is 7.44. The Bertz CT molecular complexity index is 288. The van der Waals surface area contributed by atoms with Crippen LogP contribution in [0.25, 0.3) is 0 Å². The number of hydrogen-bond donors (Lipinski definition) is 0. The van der Waals surface area contributed by atoms with E-state index in [9.17, 15) is 4.39 Å². The lowest BCUT2D eigenvalue weighted by atomic mass is 9.81. The van der Waals surface area contributed by atoms with Gasteiger partial charge in [0, 0.05) is 0 Å². The molecule has 1 heteroatoms. The van der Waals surface area contributed by atoms with E-state index < -0.39 is 0 Å². The van der Waals surface area contributed by atoms with Gasteiger partial charge >= 0.3 is 0 Å². The summed E-state index contributed by atoms with van der Waals surface area (Å²) in [5.74, 6) is 2.00. The molecule has 0 heterocycles. The van der Waals surface area contributed by atoms with Gasteiger partial charge in [0.25, 0.3) is 0 Å². The predicted octanol–water partition coefficient (Wildman–Crippen LogP) is 5.70. The van der Waals surface area contributed by atoms with Crippen LogP contribution in [0.3, 0.4) is 0 Å². The van der Waals surface area contributed by atoms with Crippen LogP contribution in [0.5, 0.6) is 0 Å². The van der Waals surface area contributed by atoms with Crippen molar-refractivity contribution < 1.29 is 4.39 Å². The Hall–Kier alpha value is -0.590. The van der Waals surface area contributed by atoms with Crippen LogP contribution in [-0.2, 0) is 0 Å². The number of halogens is 1. The fourth-order valence-corrected chi connectivity index (χ4v) is 2.93. The fourth-order valence-electron chi connectivity index (χ4n) is 2.93. The van der Waals surface area contributed by atoms with Gasteiger partial charge in [0.15, 0.2) is 0 Å². The number of alkyl halides is 1. The molecule has 0 aromatic heterocycles. The lowest BCUT2D eigenvalue weighted by Gasteiger charge is -2.25. The molecule has 2 unspecified atom stereocenters. The topological polar surface area (TPSA) is 0 Å². The van der Waals surface area contributed by atoms with E-state index in [0.29, 0.717) is 24.2 Å². The second kappa shape index (κ2) is 7.76. The van der Waals surface area contributed by atoms with Crippen molar-refractivity contribution in [2.24, 2.45) is 17.8 Å². The third-order valence-corrected chi connectivity index (χ3v) is 3.97. The highest BCUT2D eigenvalue weighted by molar-refractivity contribution is 5.10. The lowest BCUT2D eigenvalue weighted by molar-refractivity contribution is 0.404. The van der Waals surface area contributed by atoms with Crippen LogP contribution >= 0.6 is 0 Å². The summed E-state index contributed by atoms with van der Waals surface area (Å²) < 4.78 is 12.5. The van der Waals surface area contributed by atoms with Crippen molar-refractivity contribution in [2.45, 2.75) is 59.3 Å². The van der Waals surface area contributed by atoms with Gasteiger partial charge in [-0.05, 0) is 56.3 Å². The SMILES string of the molecule is C=C(CC(C)C)C1C/C=C(\CCF)CC(C)CC1. The minimum Gasteiger partial charge on any atom is -0.251 e. The maximum atomic E-state index is 12.5. The highest BCUT2D eigenvalue weighted by Crippen LogP contribution is 2.32. The minimum absolute atomic E-state index is 0.212. The zero-order valence-corrected chi connectivity index (χ0v) is 12.3. The molecule has 0 aromatic rings. The van der Waals surface area contributed by atoms with Gasteiger partial charge in [-0.2, -0.15) is 0 Å². The van der Waals surface area contributed by atoms with Gasteiger partial charge in [0.2, 0.25) is 0 Å². The Balaban J connectivity index is 2.64. The molecule has 0 aliphatic heterocycles. The summed E-state index contributed by atoms with van der Waals surface area (Å²) in [6, 6.07) is 0. The van der Waals surface area contributed by atoms with Crippen molar-refractivity contribution in [3.05, 3.63) is 23.8 Å². The van der Waals surface area contributed by atoms with Crippen LogP contribution in [0.2, 0.25) is 0 Å². The molecule has 1 rings (SSSR count). The van der Waals surface area contributed by atoms with Gasteiger partial charge in [0.05, 0.1) is 6.67 Å². The molecule has 18 heavy (non-hydrogen) atoms. The molecule has 0 nitrogen and oxygen atoms in total. The summed E-state index contributed by atoms with van der Waals surface area (Å²) >= 11 is 0. The second-order valence-electron chi connectivity index (χ2n) is 6.38. The Morgan fingerprint density at radius 1 is 1.44 bits per heavy atom. The highest BCUT2D eigenvalue weighted by atomic mass is 19.1. The maximum Gasteiger partial charge on any atom is 0.0931 e. The van der Waals surface area contributed by atoms with Crippen LogP contribution in [0.1, 0.15) is 59.3 Å². The monoisotopic (exact) mass is 252 g/mol. The van der Waals surface area contributed by atoms with Crippen molar-refractivity contribution in [1.29, 1.82) is 0 Å². The average molecular weight is 252 g/mol. The molecule has 1 aliphatic carbocycles. The van der Waals surface area contributed by atoms with Crippen molar-refractivity contribution in [1.82, 2.24) is 0 Å². The van der Waals surface area contributed by atoms with Gasteiger partial charge in [0.1, 0.15) is 0 Å². The molecule has 104 valence electrons. The van der Waals surface area contributed by atoms with Crippen molar-refractivity contribution in [3.8, 4) is 0 Å². The van der Waals surface area contributed by atoms with Crippen molar-refractivity contribution in [3.63, 3.8) is 0 Å². The van der Waals surface area contributed by atoms with E-state index in [1.807, 2.05) is 0 Å². The van der Waals surface area contributed by atoms with E-state index in [-0.39, 0.29) is 6.67 Å². The average Bonchev–Trinajstić information content (AvgIpc) is 2.25. The molecule has 2 atom stereocenters. The molecule has 0 spiro atoms. The third kappa shape index (κ3) is 5.37. The Labute approximate surface area is 112 Å². The van der Waals surface area contributed by atoms with Gasteiger partial charge < -0.3 is 0 Å². The molecule has 0 aromatic carbocycles. The second-order valence-corrected chi connectivity index (χ2v) is 6.38. The Morgan fingerprint density at radius 2 is 2.17 bits per heavy atom. The summed E-state index contributed by atoms with van der Waals surface area (Å²) in [7, 11) is 0. The number of hydrogen-bond acceptors (Lipinski definition) is 0. The summed E-state index contributed by atoms with van der Waals surface area (Å²) in [4.78, 5) is 0. The van der Waals surface area contributed by atoms with E-state index in [2.05, 4.69) is 33.4 Å². The molecule has 0 bridgehead atoms. The van der Waals surface area contributed by atoms with E-state index in [1.165, 1.54) is 24.0 Å². The quantitative estimate of drug-likeness (QED) is 0.550. The molecule has 0 saturated heterocycles. The largest absolute Gasteiger partial charge is 0.251 e. The van der Waals surface area contributed by atoms with Gasteiger partial charge in [-0.3, -0.25) is 4.39 Å². The van der Waals surface area contributed by atoms with Crippen LogP contribution in [0.15, 0.2) is 23.8 Å². The van der Waals surface area contributed by atoms with E-state index in [0.717, 1.165) is 19.3 Å². The van der Waals surface area contributed by atoms with E-state index >= 15 is 0 Å². The first-order valence-electron chi connectivity index (χ1n) is 7.44. The number of allylic oxidation sites excluding steroid dienone is 3.